The Labute approximate surface area is 277 Å². The number of hydrogen-bond donors (Lipinski definition) is 3. The number of nitrogens with one attached hydrogen (secondary N) is 2. The Morgan fingerprint density at radius 1 is 0.870 bits per heavy atom. The van der Waals surface area contributed by atoms with Gasteiger partial charge in [-0.05, 0) is 49.7 Å². The van der Waals surface area contributed by atoms with Crippen LogP contribution in [0.1, 0.15) is 47.1 Å². The molecule has 0 fully saturated rings. The molecule has 4 aromatic rings. The molecule has 4 atom stereocenters. The Morgan fingerprint density at radius 3 is 2.07 bits per heavy atom. The number of Topliss-reactive ketones (excluding diaryl/α,β-unsaturated/α-hetero) is 1. The van der Waals surface area contributed by atoms with E-state index in [4.69, 9.17) is 4.74 Å². The van der Waals surface area contributed by atoms with E-state index in [2.05, 4.69) is 20.6 Å². The summed E-state index contributed by atoms with van der Waals surface area (Å²) in [7, 11) is 1.64. The second kappa shape index (κ2) is 18.1. The van der Waals surface area contributed by atoms with Gasteiger partial charge in [0, 0.05) is 36.8 Å². The van der Waals surface area contributed by atoms with Gasteiger partial charge in [0.05, 0.1) is 28.5 Å². The lowest BCUT2D eigenvalue weighted by Gasteiger charge is -2.27. The van der Waals surface area contributed by atoms with Crippen LogP contribution in [0.15, 0.2) is 84.1 Å². The topological polar surface area (TPSA) is 134 Å². The quantitative estimate of drug-likeness (QED) is 0.133. The van der Waals surface area contributed by atoms with Crippen molar-refractivity contribution in [3.05, 3.63) is 105 Å². The molecule has 244 valence electrons. The van der Waals surface area contributed by atoms with Gasteiger partial charge in [0.1, 0.15) is 12.6 Å². The summed E-state index contributed by atoms with van der Waals surface area (Å²) < 4.78 is 5.46. The van der Waals surface area contributed by atoms with Gasteiger partial charge in [-0.3, -0.25) is 14.8 Å². The first-order valence-electron chi connectivity index (χ1n) is 15.2. The second-order valence-electron chi connectivity index (χ2n) is 11.4. The lowest BCUT2D eigenvalue weighted by Crippen LogP contribution is -2.51. The highest BCUT2D eigenvalue weighted by molar-refractivity contribution is 7.09. The zero-order valence-corrected chi connectivity index (χ0v) is 27.7. The van der Waals surface area contributed by atoms with Gasteiger partial charge >= 0.3 is 12.1 Å². The van der Waals surface area contributed by atoms with Crippen molar-refractivity contribution in [1.82, 2.24) is 25.5 Å². The standard InChI is InChI=1S/C34H41N5O5S2/c1-24(40)32(38-33(42)39(2)20-29-18-35-22-45-29)31(41)17-27(15-25-9-5-3-6-10-25)13-14-28(16-26-11-7-4-8-12-26)37-34(43)44-21-30-19-36-23-46-30/h3-12,18-19,22-24,27-28,32,40H,13-17,20-21H2,1-2H3,(H,37,43)(H,38,42)/t24?,27-,28-,32+/m1/s1. The number of hydrogen-bond acceptors (Lipinski definition) is 9. The van der Waals surface area contributed by atoms with E-state index in [-0.39, 0.29) is 30.8 Å². The molecule has 1 unspecified atom stereocenters. The maximum Gasteiger partial charge on any atom is 0.407 e. The minimum absolute atomic E-state index is 0.101. The Kier molecular flexibility index (Phi) is 13.7. The molecule has 0 aliphatic heterocycles. The number of thiazole rings is 2. The summed E-state index contributed by atoms with van der Waals surface area (Å²) in [6.07, 6.45) is 4.38. The number of benzene rings is 2. The van der Waals surface area contributed by atoms with E-state index in [1.807, 2.05) is 60.7 Å². The highest BCUT2D eigenvalue weighted by Crippen LogP contribution is 2.22. The largest absolute Gasteiger partial charge is 0.444 e. The van der Waals surface area contributed by atoms with Crippen LogP contribution in [0.5, 0.6) is 0 Å². The third-order valence-corrected chi connectivity index (χ3v) is 9.11. The highest BCUT2D eigenvalue weighted by Gasteiger charge is 2.29. The molecule has 0 bridgehead atoms. The summed E-state index contributed by atoms with van der Waals surface area (Å²) in [5.74, 6) is -0.344. The Bertz CT molecular complexity index is 1470. The molecule has 2 heterocycles. The van der Waals surface area contributed by atoms with Gasteiger partial charge in [0.2, 0.25) is 0 Å². The summed E-state index contributed by atoms with van der Waals surface area (Å²) in [5.41, 5.74) is 5.54. The fourth-order valence-electron chi connectivity index (χ4n) is 5.19. The lowest BCUT2D eigenvalue weighted by molar-refractivity contribution is -0.124. The van der Waals surface area contributed by atoms with E-state index in [0.717, 1.165) is 20.9 Å². The molecule has 0 aliphatic rings. The van der Waals surface area contributed by atoms with Gasteiger partial charge in [-0.25, -0.2) is 9.59 Å². The van der Waals surface area contributed by atoms with Crippen LogP contribution in [-0.4, -0.2) is 63.1 Å². The first-order valence-corrected chi connectivity index (χ1v) is 17.0. The summed E-state index contributed by atoms with van der Waals surface area (Å²) in [4.78, 5) is 50.7. The first kappa shape index (κ1) is 34.7. The summed E-state index contributed by atoms with van der Waals surface area (Å²) in [6, 6.07) is 18.1. The minimum atomic E-state index is -1.08. The van der Waals surface area contributed by atoms with Gasteiger partial charge < -0.3 is 25.4 Å². The number of nitrogens with zero attached hydrogens (tertiary/aromatic N) is 3. The van der Waals surface area contributed by atoms with Crippen molar-refractivity contribution in [3.63, 3.8) is 0 Å². The average molecular weight is 664 g/mol. The molecule has 3 N–H and O–H groups in total. The number of carbonyl (C=O) groups is 3. The summed E-state index contributed by atoms with van der Waals surface area (Å²) >= 11 is 2.86. The fourth-order valence-corrected chi connectivity index (χ4v) is 6.35. The number of aliphatic hydroxyl groups excluding tert-OH is 1. The van der Waals surface area contributed by atoms with E-state index >= 15 is 0 Å². The Balaban J connectivity index is 1.43. The number of carbonyl (C=O) groups excluding carboxylic acids is 3. The lowest BCUT2D eigenvalue weighted by atomic mass is 9.86. The predicted molar refractivity (Wildman–Crippen MR) is 179 cm³/mol. The number of amides is 3. The van der Waals surface area contributed by atoms with Gasteiger partial charge in [0.15, 0.2) is 5.78 Å². The van der Waals surface area contributed by atoms with E-state index in [9.17, 15) is 19.5 Å². The normalized spacial score (nSPS) is 13.6. The number of aliphatic hydroxyl groups is 1. The maximum absolute atomic E-state index is 13.7. The third-order valence-electron chi connectivity index (χ3n) is 7.59. The van der Waals surface area contributed by atoms with Crippen LogP contribution in [0.2, 0.25) is 0 Å². The minimum Gasteiger partial charge on any atom is -0.444 e. The van der Waals surface area contributed by atoms with Crippen LogP contribution in [0.3, 0.4) is 0 Å². The number of ketones is 1. The molecule has 0 saturated carbocycles. The third kappa shape index (κ3) is 11.7. The zero-order valence-electron chi connectivity index (χ0n) is 26.1. The smallest absolute Gasteiger partial charge is 0.407 e. The number of aromatic nitrogens is 2. The van der Waals surface area contributed by atoms with Crippen LogP contribution in [-0.2, 0) is 35.5 Å². The molecule has 3 amide bonds. The SMILES string of the molecule is CC(O)[C@H](NC(=O)N(C)Cc1cncs1)C(=O)C[C@H](CC[C@H](Cc1ccccc1)NC(=O)OCc1cncs1)Cc1ccccc1. The van der Waals surface area contributed by atoms with Gasteiger partial charge in [0.25, 0.3) is 0 Å². The van der Waals surface area contributed by atoms with Crippen molar-refractivity contribution in [3.8, 4) is 0 Å². The molecule has 10 nitrogen and oxygen atoms in total. The molecule has 0 spiro atoms. The van der Waals surface area contributed by atoms with Crippen molar-refractivity contribution in [1.29, 1.82) is 0 Å². The van der Waals surface area contributed by atoms with Crippen molar-refractivity contribution >= 4 is 40.6 Å². The Hall–Kier alpha value is -4.13. The zero-order chi connectivity index (χ0) is 32.7. The van der Waals surface area contributed by atoms with E-state index in [1.165, 1.54) is 34.5 Å². The van der Waals surface area contributed by atoms with Crippen LogP contribution >= 0.6 is 22.7 Å². The van der Waals surface area contributed by atoms with Crippen LogP contribution < -0.4 is 10.6 Å². The molecule has 46 heavy (non-hydrogen) atoms. The van der Waals surface area contributed by atoms with Crippen molar-refractivity contribution < 1.29 is 24.2 Å². The van der Waals surface area contributed by atoms with E-state index in [0.29, 0.717) is 32.2 Å². The van der Waals surface area contributed by atoms with Gasteiger partial charge in [-0.2, -0.15) is 0 Å². The molecule has 2 aromatic carbocycles. The highest BCUT2D eigenvalue weighted by atomic mass is 32.1. The molecule has 4 rings (SSSR count). The number of ether oxygens (including phenoxy) is 1. The van der Waals surface area contributed by atoms with Gasteiger partial charge in [-0.1, -0.05) is 60.7 Å². The monoisotopic (exact) mass is 663 g/mol. The molecule has 0 saturated heterocycles. The van der Waals surface area contributed by atoms with E-state index in [1.54, 1.807) is 30.5 Å². The molecular formula is C34H41N5O5S2. The van der Waals surface area contributed by atoms with Crippen molar-refractivity contribution in [2.45, 2.75) is 70.4 Å². The summed E-state index contributed by atoms with van der Waals surface area (Å²) in [6.45, 7) is 2.00. The number of urea groups is 1. The van der Waals surface area contributed by atoms with Crippen molar-refractivity contribution in [2.75, 3.05) is 7.05 Å². The van der Waals surface area contributed by atoms with Crippen LogP contribution in [0, 0.1) is 5.92 Å². The molecule has 0 aliphatic carbocycles. The first-order chi connectivity index (χ1) is 22.3. The number of rotatable bonds is 17. The van der Waals surface area contributed by atoms with E-state index < -0.39 is 24.3 Å². The fraction of sp³-hybridized carbons (Fsp3) is 0.382. The molecular weight excluding hydrogens is 623 g/mol. The molecule has 0 radical (unpaired) electrons. The van der Waals surface area contributed by atoms with Crippen molar-refractivity contribution in [2.24, 2.45) is 5.92 Å². The van der Waals surface area contributed by atoms with Crippen LogP contribution in [0.25, 0.3) is 0 Å². The van der Waals surface area contributed by atoms with Crippen LogP contribution in [0.4, 0.5) is 9.59 Å². The second-order valence-corrected chi connectivity index (χ2v) is 13.3. The van der Waals surface area contributed by atoms with Gasteiger partial charge in [-0.15, -0.1) is 22.7 Å². The average Bonchev–Trinajstić information content (AvgIpc) is 3.77. The maximum atomic E-state index is 13.7. The predicted octanol–water partition coefficient (Wildman–Crippen LogP) is 5.63. The number of alkyl carbamates (subject to hydrolysis) is 1. The molecule has 2 aromatic heterocycles. The molecule has 12 heteroatoms. The Morgan fingerprint density at radius 2 is 1.48 bits per heavy atom. The summed E-state index contributed by atoms with van der Waals surface area (Å²) in [5, 5.41) is 16.3.